The molecule has 0 aromatic heterocycles. The third-order valence-corrected chi connectivity index (χ3v) is 9.01. The van der Waals surface area contributed by atoms with Crippen molar-refractivity contribution in [3.05, 3.63) is 70.2 Å². The van der Waals surface area contributed by atoms with E-state index in [1.165, 1.54) is 74.5 Å². The maximum atomic E-state index is 15.6. The molecule has 2 aliphatic carbocycles. The Hall–Kier alpha value is -1.34. The minimum Gasteiger partial charge on any atom is -0.247 e. The van der Waals surface area contributed by atoms with Crippen molar-refractivity contribution >= 4 is 11.6 Å². The van der Waals surface area contributed by atoms with Gasteiger partial charge in [0, 0.05) is 16.9 Å². The van der Waals surface area contributed by atoms with Crippen molar-refractivity contribution in [2.75, 3.05) is 0 Å². The zero-order valence-electron chi connectivity index (χ0n) is 20.6. The summed E-state index contributed by atoms with van der Waals surface area (Å²) in [5.74, 6) is 2.73. The van der Waals surface area contributed by atoms with Gasteiger partial charge in [-0.2, -0.15) is 0 Å². The van der Waals surface area contributed by atoms with Gasteiger partial charge >= 0.3 is 0 Å². The number of hydrogen-bond donors (Lipinski definition) is 0. The highest BCUT2D eigenvalue weighted by molar-refractivity contribution is 6.30. The smallest absolute Gasteiger partial charge is 0.107 e. The Bertz CT molecular complexity index is 851. The fraction of sp³-hybridized carbons (Fsp3) is 0.613. The normalized spacial score (nSPS) is 29.0. The van der Waals surface area contributed by atoms with Crippen LogP contribution in [0.1, 0.15) is 113 Å². The van der Waals surface area contributed by atoms with Crippen molar-refractivity contribution in [3.8, 4) is 0 Å². The first kappa shape index (κ1) is 24.8. The Morgan fingerprint density at radius 2 is 1.42 bits per heavy atom. The van der Waals surface area contributed by atoms with Gasteiger partial charge < -0.3 is 0 Å². The molecule has 0 spiro atoms. The lowest BCUT2D eigenvalue weighted by Crippen LogP contribution is -2.26. The third kappa shape index (κ3) is 6.41. The van der Waals surface area contributed by atoms with Crippen molar-refractivity contribution in [2.24, 2.45) is 17.8 Å². The zero-order valence-corrected chi connectivity index (χ0v) is 21.4. The third-order valence-electron chi connectivity index (χ3n) is 8.76. The van der Waals surface area contributed by atoms with Crippen molar-refractivity contribution in [2.45, 2.75) is 102 Å². The van der Waals surface area contributed by atoms with Gasteiger partial charge in [0.15, 0.2) is 0 Å². The number of halogens is 2. The second-order valence-electron chi connectivity index (χ2n) is 11.0. The van der Waals surface area contributed by atoms with Gasteiger partial charge in [0.1, 0.15) is 6.17 Å². The highest BCUT2D eigenvalue weighted by atomic mass is 35.5. The summed E-state index contributed by atoms with van der Waals surface area (Å²) in [7, 11) is 0. The molecule has 2 aromatic carbocycles. The van der Waals surface area contributed by atoms with Crippen LogP contribution < -0.4 is 0 Å². The maximum absolute atomic E-state index is 15.6. The molecular formula is C31H42ClF. The van der Waals surface area contributed by atoms with E-state index < -0.39 is 6.17 Å². The molecule has 0 nitrogen and oxygen atoms in total. The lowest BCUT2D eigenvalue weighted by molar-refractivity contribution is 0.152. The van der Waals surface area contributed by atoms with E-state index in [1.807, 2.05) is 12.1 Å². The number of alkyl halides is 1. The largest absolute Gasteiger partial charge is 0.247 e. The first-order valence-corrected chi connectivity index (χ1v) is 13.9. The molecule has 4 atom stereocenters. The molecule has 2 fully saturated rings. The minimum absolute atomic E-state index is 0.0386. The fourth-order valence-electron chi connectivity index (χ4n) is 6.67. The predicted octanol–water partition coefficient (Wildman–Crippen LogP) is 10.1. The Morgan fingerprint density at radius 1 is 0.818 bits per heavy atom. The average Bonchev–Trinajstić information content (AvgIpc) is 2.84. The van der Waals surface area contributed by atoms with Gasteiger partial charge in [-0.1, -0.05) is 113 Å². The van der Waals surface area contributed by atoms with E-state index in [-0.39, 0.29) is 11.8 Å². The first-order chi connectivity index (χ1) is 16.0. The summed E-state index contributed by atoms with van der Waals surface area (Å²) in [6, 6.07) is 16.7. The maximum Gasteiger partial charge on any atom is 0.107 e. The molecule has 0 saturated heterocycles. The standard InChI is InChI=1S/C31H42ClF/c1-3-6-23-9-11-24(12-10-23)13-14-25-15-20-30(31(33)21-25)29-8-5-4-7-28(29)22(2)26-16-18-27(32)19-17-26/h4-5,7-8,16-19,22-25,30-31H,3,6,9-15,20-21H2,1-2H3. The second kappa shape index (κ2) is 11.9. The van der Waals surface area contributed by atoms with Crippen LogP contribution in [0.25, 0.3) is 0 Å². The highest BCUT2D eigenvalue weighted by Gasteiger charge is 2.33. The van der Waals surface area contributed by atoms with E-state index in [2.05, 4.69) is 50.2 Å². The molecule has 0 N–H and O–H groups in total. The van der Waals surface area contributed by atoms with Gasteiger partial charge in [-0.25, -0.2) is 4.39 Å². The molecular weight excluding hydrogens is 427 g/mol. The molecule has 4 unspecified atom stereocenters. The molecule has 2 aromatic rings. The van der Waals surface area contributed by atoms with Crippen molar-refractivity contribution in [1.82, 2.24) is 0 Å². The quantitative estimate of drug-likeness (QED) is 0.361. The van der Waals surface area contributed by atoms with Gasteiger partial charge in [-0.3, -0.25) is 0 Å². The zero-order chi connectivity index (χ0) is 23.2. The lowest BCUT2D eigenvalue weighted by atomic mass is 9.72. The Balaban J connectivity index is 1.33. The van der Waals surface area contributed by atoms with E-state index >= 15 is 4.39 Å². The average molecular weight is 469 g/mol. The molecule has 2 heteroatoms. The van der Waals surface area contributed by atoms with Crippen LogP contribution in [0, 0.1) is 17.8 Å². The van der Waals surface area contributed by atoms with Gasteiger partial charge in [-0.15, -0.1) is 0 Å². The van der Waals surface area contributed by atoms with E-state index in [4.69, 9.17) is 11.6 Å². The summed E-state index contributed by atoms with van der Waals surface area (Å²) < 4.78 is 15.6. The van der Waals surface area contributed by atoms with Gasteiger partial charge in [0.05, 0.1) is 0 Å². The Morgan fingerprint density at radius 3 is 2.09 bits per heavy atom. The first-order valence-electron chi connectivity index (χ1n) is 13.5. The second-order valence-corrected chi connectivity index (χ2v) is 11.4. The molecule has 2 aliphatic rings. The fourth-order valence-corrected chi connectivity index (χ4v) is 6.80. The van der Waals surface area contributed by atoms with Gasteiger partial charge in [-0.05, 0) is 65.8 Å². The number of rotatable bonds is 8. The minimum atomic E-state index is -0.720. The Labute approximate surface area is 206 Å². The lowest BCUT2D eigenvalue weighted by Gasteiger charge is -2.35. The van der Waals surface area contributed by atoms with Crippen molar-refractivity contribution in [1.29, 1.82) is 0 Å². The van der Waals surface area contributed by atoms with E-state index in [0.717, 1.165) is 29.7 Å². The van der Waals surface area contributed by atoms with Crippen LogP contribution in [0.15, 0.2) is 48.5 Å². The molecule has 2 saturated carbocycles. The summed E-state index contributed by atoms with van der Waals surface area (Å²) in [6.45, 7) is 4.54. The summed E-state index contributed by atoms with van der Waals surface area (Å²) in [6.07, 6.45) is 13.2. The SMILES string of the molecule is CCCC1CCC(CCC2CCC(c3ccccc3C(C)c3ccc(Cl)cc3)C(F)C2)CC1. The van der Waals surface area contributed by atoms with Gasteiger partial charge in [0.2, 0.25) is 0 Å². The predicted molar refractivity (Wildman–Crippen MR) is 140 cm³/mol. The van der Waals surface area contributed by atoms with Crippen molar-refractivity contribution in [3.63, 3.8) is 0 Å². The number of benzene rings is 2. The highest BCUT2D eigenvalue weighted by Crippen LogP contribution is 2.44. The molecule has 0 bridgehead atoms. The van der Waals surface area contributed by atoms with Crippen molar-refractivity contribution < 1.29 is 4.39 Å². The topological polar surface area (TPSA) is 0 Å². The summed E-state index contributed by atoms with van der Waals surface area (Å²) in [4.78, 5) is 0. The van der Waals surface area contributed by atoms with Gasteiger partial charge in [0.25, 0.3) is 0 Å². The van der Waals surface area contributed by atoms with Crippen LogP contribution in [0.5, 0.6) is 0 Å². The molecule has 0 aliphatic heterocycles. The molecule has 0 amide bonds. The van der Waals surface area contributed by atoms with E-state index in [0.29, 0.717) is 5.92 Å². The van der Waals surface area contributed by atoms with E-state index in [9.17, 15) is 0 Å². The van der Waals surface area contributed by atoms with Crippen LogP contribution >= 0.6 is 11.6 Å². The van der Waals surface area contributed by atoms with Crippen LogP contribution in [-0.4, -0.2) is 6.17 Å². The monoisotopic (exact) mass is 468 g/mol. The summed E-state index contributed by atoms with van der Waals surface area (Å²) in [5, 5.41) is 0.760. The Kier molecular flexibility index (Phi) is 8.91. The molecule has 0 heterocycles. The number of hydrogen-bond acceptors (Lipinski definition) is 0. The summed E-state index contributed by atoms with van der Waals surface area (Å²) in [5.41, 5.74) is 3.74. The summed E-state index contributed by atoms with van der Waals surface area (Å²) >= 11 is 6.09. The molecule has 4 rings (SSSR count). The van der Waals surface area contributed by atoms with Crippen LogP contribution in [0.4, 0.5) is 4.39 Å². The molecule has 180 valence electrons. The van der Waals surface area contributed by atoms with E-state index in [1.54, 1.807) is 0 Å². The van der Waals surface area contributed by atoms with Crippen LogP contribution in [0.2, 0.25) is 5.02 Å². The van der Waals surface area contributed by atoms with Crippen LogP contribution in [-0.2, 0) is 0 Å². The molecule has 33 heavy (non-hydrogen) atoms. The van der Waals surface area contributed by atoms with Crippen LogP contribution in [0.3, 0.4) is 0 Å². The molecule has 0 radical (unpaired) electrons.